The molecule has 2 amide bonds. The molecule has 0 spiro atoms. The molecule has 0 bridgehead atoms. The van der Waals surface area contributed by atoms with E-state index >= 15 is 0 Å². The molecule has 4 rings (SSSR count). The molecule has 2 aliphatic heterocycles. The number of nitrogens with one attached hydrogen (secondary N) is 1. The third-order valence-electron chi connectivity index (χ3n) is 4.89. The number of amides is 2. The van der Waals surface area contributed by atoms with Crippen molar-refractivity contribution in [1.82, 2.24) is 9.88 Å². The van der Waals surface area contributed by atoms with Gasteiger partial charge in [-0.3, -0.25) is 9.59 Å². The standard InChI is InChI=1S/C18H18FN3O2S2/c1-10-15(11-3-5-12(19)6-4-11)20-17(26-10)21-16(24)13-9-25-18(2)8-7-14(23)22(13)18/h3-6,13H,7-9H2,1-2H3,(H,20,21,24)/t13-,18+/m0/s1. The largest absolute Gasteiger partial charge is 0.315 e. The highest BCUT2D eigenvalue weighted by molar-refractivity contribution is 8.01. The van der Waals surface area contributed by atoms with Gasteiger partial charge in [0, 0.05) is 22.6 Å². The van der Waals surface area contributed by atoms with E-state index in [4.69, 9.17) is 0 Å². The van der Waals surface area contributed by atoms with Crippen LogP contribution in [0.4, 0.5) is 9.52 Å². The normalized spacial score (nSPS) is 24.8. The van der Waals surface area contributed by atoms with Gasteiger partial charge in [0.25, 0.3) is 0 Å². The van der Waals surface area contributed by atoms with E-state index in [2.05, 4.69) is 10.3 Å². The van der Waals surface area contributed by atoms with Crippen LogP contribution in [0.15, 0.2) is 24.3 Å². The minimum absolute atomic E-state index is 0.0416. The number of hydrogen-bond donors (Lipinski definition) is 1. The maximum absolute atomic E-state index is 13.1. The van der Waals surface area contributed by atoms with E-state index in [9.17, 15) is 14.0 Å². The van der Waals surface area contributed by atoms with Crippen molar-refractivity contribution in [1.29, 1.82) is 0 Å². The predicted molar refractivity (Wildman–Crippen MR) is 102 cm³/mol. The Morgan fingerprint density at radius 3 is 2.85 bits per heavy atom. The van der Waals surface area contributed by atoms with Crippen molar-refractivity contribution < 1.29 is 14.0 Å². The molecule has 0 saturated carbocycles. The Bertz CT molecular complexity index is 883. The van der Waals surface area contributed by atoms with E-state index in [1.165, 1.54) is 23.5 Å². The molecule has 2 aliphatic rings. The molecule has 2 saturated heterocycles. The summed E-state index contributed by atoms with van der Waals surface area (Å²) in [5.74, 6) is 0.145. The number of aryl methyl sites for hydroxylation is 1. The lowest BCUT2D eigenvalue weighted by molar-refractivity contribution is -0.135. The molecule has 1 aromatic carbocycles. The van der Waals surface area contributed by atoms with Crippen LogP contribution in [-0.2, 0) is 9.59 Å². The zero-order valence-corrected chi connectivity index (χ0v) is 16.0. The van der Waals surface area contributed by atoms with Gasteiger partial charge in [-0.15, -0.1) is 23.1 Å². The first-order valence-corrected chi connectivity index (χ1v) is 10.2. The number of hydrogen-bond acceptors (Lipinski definition) is 5. The van der Waals surface area contributed by atoms with Crippen LogP contribution < -0.4 is 5.32 Å². The van der Waals surface area contributed by atoms with Gasteiger partial charge in [0.15, 0.2) is 5.13 Å². The van der Waals surface area contributed by atoms with Gasteiger partial charge in [-0.25, -0.2) is 9.37 Å². The summed E-state index contributed by atoms with van der Waals surface area (Å²) < 4.78 is 13.1. The number of anilines is 1. The quantitative estimate of drug-likeness (QED) is 0.868. The molecule has 2 atom stereocenters. The second kappa shape index (κ2) is 6.35. The summed E-state index contributed by atoms with van der Waals surface area (Å²) in [7, 11) is 0. The van der Waals surface area contributed by atoms with Gasteiger partial charge in [-0.1, -0.05) is 0 Å². The molecule has 5 nitrogen and oxygen atoms in total. The maximum Gasteiger partial charge on any atom is 0.249 e. The number of thiazole rings is 1. The summed E-state index contributed by atoms with van der Waals surface area (Å²) in [6.07, 6.45) is 1.28. The number of aromatic nitrogens is 1. The maximum atomic E-state index is 13.1. The Balaban J connectivity index is 1.53. The summed E-state index contributed by atoms with van der Waals surface area (Å²) in [5, 5.41) is 3.36. The van der Waals surface area contributed by atoms with E-state index in [1.54, 1.807) is 28.8 Å². The Labute approximate surface area is 159 Å². The number of rotatable bonds is 3. The lowest BCUT2D eigenvalue weighted by atomic mass is 10.1. The number of nitrogens with zero attached hydrogens (tertiary/aromatic N) is 2. The number of benzene rings is 1. The van der Waals surface area contributed by atoms with Gasteiger partial charge < -0.3 is 10.2 Å². The summed E-state index contributed by atoms with van der Waals surface area (Å²) in [4.78, 5) is 31.8. The first kappa shape index (κ1) is 17.5. The topological polar surface area (TPSA) is 62.3 Å². The van der Waals surface area contributed by atoms with Crippen LogP contribution in [0.2, 0.25) is 0 Å². The lowest BCUT2D eigenvalue weighted by Gasteiger charge is -2.29. The highest BCUT2D eigenvalue weighted by Crippen LogP contribution is 2.47. The van der Waals surface area contributed by atoms with E-state index in [-0.39, 0.29) is 22.5 Å². The molecule has 3 heterocycles. The number of thioether (sulfide) groups is 1. The molecule has 26 heavy (non-hydrogen) atoms. The highest BCUT2D eigenvalue weighted by Gasteiger charge is 2.52. The van der Waals surface area contributed by atoms with Crippen LogP contribution in [0, 0.1) is 12.7 Å². The molecule has 1 N–H and O–H groups in total. The molecule has 0 aliphatic carbocycles. The molecule has 2 fully saturated rings. The minimum Gasteiger partial charge on any atom is -0.315 e. The van der Waals surface area contributed by atoms with Crippen molar-refractivity contribution in [3.63, 3.8) is 0 Å². The molecular formula is C18H18FN3O2S2. The van der Waals surface area contributed by atoms with Crippen molar-refractivity contribution in [2.24, 2.45) is 0 Å². The van der Waals surface area contributed by atoms with Crippen molar-refractivity contribution >= 4 is 40.0 Å². The van der Waals surface area contributed by atoms with Crippen LogP contribution in [-0.4, -0.2) is 38.4 Å². The Morgan fingerprint density at radius 2 is 2.12 bits per heavy atom. The smallest absolute Gasteiger partial charge is 0.249 e. The number of carbonyl (C=O) groups is 2. The van der Waals surface area contributed by atoms with Gasteiger partial charge in [0.1, 0.15) is 11.9 Å². The fourth-order valence-corrected chi connectivity index (χ4v) is 5.80. The molecule has 0 unspecified atom stereocenters. The van der Waals surface area contributed by atoms with E-state index in [0.29, 0.717) is 17.3 Å². The van der Waals surface area contributed by atoms with Gasteiger partial charge in [-0.05, 0) is 44.5 Å². The zero-order chi connectivity index (χ0) is 18.5. The number of fused-ring (bicyclic) bond motifs is 1. The van der Waals surface area contributed by atoms with Crippen molar-refractivity contribution in [2.75, 3.05) is 11.1 Å². The van der Waals surface area contributed by atoms with E-state index in [0.717, 1.165) is 22.6 Å². The summed E-state index contributed by atoms with van der Waals surface area (Å²) in [6.45, 7) is 3.94. The third kappa shape index (κ3) is 2.91. The summed E-state index contributed by atoms with van der Waals surface area (Å²) in [6, 6.07) is 5.67. The van der Waals surface area contributed by atoms with Crippen LogP contribution in [0.25, 0.3) is 11.3 Å². The second-order valence-corrected chi connectivity index (χ2v) is 9.39. The lowest BCUT2D eigenvalue weighted by Crippen LogP contribution is -2.48. The summed E-state index contributed by atoms with van der Waals surface area (Å²) >= 11 is 3.04. The zero-order valence-electron chi connectivity index (χ0n) is 14.4. The molecule has 2 aromatic rings. The van der Waals surface area contributed by atoms with Crippen molar-refractivity contribution in [3.05, 3.63) is 35.0 Å². The third-order valence-corrected chi connectivity index (χ3v) is 7.28. The number of halogens is 1. The SMILES string of the molecule is Cc1sc(NC(=O)[C@@H]2CS[C@]3(C)CCC(=O)N23)nc1-c1ccc(F)cc1. The van der Waals surface area contributed by atoms with Gasteiger partial charge in [-0.2, -0.15) is 0 Å². The summed E-state index contributed by atoms with van der Waals surface area (Å²) in [5.41, 5.74) is 1.53. The van der Waals surface area contributed by atoms with Crippen LogP contribution in [0.1, 0.15) is 24.6 Å². The first-order valence-electron chi connectivity index (χ1n) is 8.38. The Hall–Kier alpha value is -1.93. The average molecular weight is 391 g/mol. The monoisotopic (exact) mass is 391 g/mol. The Morgan fingerprint density at radius 1 is 1.38 bits per heavy atom. The average Bonchev–Trinajstić information content (AvgIpc) is 3.22. The van der Waals surface area contributed by atoms with Gasteiger partial charge in [0.2, 0.25) is 11.8 Å². The molecule has 136 valence electrons. The second-order valence-electron chi connectivity index (χ2n) is 6.69. The van der Waals surface area contributed by atoms with Gasteiger partial charge >= 0.3 is 0 Å². The fourth-order valence-electron chi connectivity index (χ4n) is 3.53. The minimum atomic E-state index is -0.460. The molecule has 1 aromatic heterocycles. The van der Waals surface area contributed by atoms with Crippen molar-refractivity contribution in [3.8, 4) is 11.3 Å². The van der Waals surface area contributed by atoms with Crippen molar-refractivity contribution in [2.45, 2.75) is 37.6 Å². The van der Waals surface area contributed by atoms with E-state index < -0.39 is 6.04 Å². The van der Waals surface area contributed by atoms with Crippen LogP contribution in [0.5, 0.6) is 0 Å². The highest BCUT2D eigenvalue weighted by atomic mass is 32.2. The molecule has 8 heteroatoms. The number of carbonyl (C=O) groups excluding carboxylic acids is 2. The predicted octanol–water partition coefficient (Wildman–Crippen LogP) is 3.65. The molecular weight excluding hydrogens is 373 g/mol. The van der Waals surface area contributed by atoms with Crippen LogP contribution in [0.3, 0.4) is 0 Å². The van der Waals surface area contributed by atoms with E-state index in [1.807, 2.05) is 13.8 Å². The Kier molecular flexibility index (Phi) is 4.27. The van der Waals surface area contributed by atoms with Gasteiger partial charge in [0.05, 0.1) is 10.6 Å². The van der Waals surface area contributed by atoms with Crippen LogP contribution >= 0.6 is 23.1 Å². The fraction of sp³-hybridized carbons (Fsp3) is 0.389. The first-order chi connectivity index (χ1) is 12.4. The molecule has 0 radical (unpaired) electrons.